The molecule has 0 spiro atoms. The normalized spacial score (nSPS) is 12.0. The lowest BCUT2D eigenvalue weighted by Crippen LogP contribution is -1.98. The average molecular weight is 430 g/mol. The van der Waals surface area contributed by atoms with Gasteiger partial charge in [-0.3, -0.25) is 4.98 Å². The van der Waals surface area contributed by atoms with Crippen LogP contribution in [-0.2, 0) is 6.42 Å². The summed E-state index contributed by atoms with van der Waals surface area (Å²) in [5.74, 6) is 1.30. The first-order chi connectivity index (χ1) is 15.7. The largest absolute Gasteiger partial charge is 0.494 e. The number of rotatable bonds is 13. The SMILES string of the molecule is CCCCCCCCOc1ccc(-c2ccc(C(C)c3ccc(CCC)nc3)cc2)cc1. The first-order valence-electron chi connectivity index (χ1n) is 12.5. The number of ether oxygens (including phenoxy) is 1. The van der Waals surface area contributed by atoms with Crippen LogP contribution in [0.25, 0.3) is 11.1 Å². The molecule has 0 saturated carbocycles. The minimum Gasteiger partial charge on any atom is -0.494 e. The van der Waals surface area contributed by atoms with Crippen molar-refractivity contribution in [1.82, 2.24) is 4.98 Å². The summed E-state index contributed by atoms with van der Waals surface area (Å²) in [5, 5.41) is 0. The first-order valence-corrected chi connectivity index (χ1v) is 12.5. The molecule has 1 unspecified atom stereocenters. The minimum atomic E-state index is 0.338. The molecule has 32 heavy (non-hydrogen) atoms. The summed E-state index contributed by atoms with van der Waals surface area (Å²) in [6.45, 7) is 7.51. The van der Waals surface area contributed by atoms with Crippen LogP contribution in [0.2, 0.25) is 0 Å². The molecule has 0 radical (unpaired) electrons. The van der Waals surface area contributed by atoms with Crippen LogP contribution in [-0.4, -0.2) is 11.6 Å². The van der Waals surface area contributed by atoms with Gasteiger partial charge in [-0.25, -0.2) is 0 Å². The van der Waals surface area contributed by atoms with E-state index in [1.165, 1.54) is 60.1 Å². The van der Waals surface area contributed by atoms with Gasteiger partial charge in [-0.15, -0.1) is 0 Å². The zero-order valence-corrected chi connectivity index (χ0v) is 20.1. The Balaban J connectivity index is 1.51. The minimum absolute atomic E-state index is 0.338. The summed E-state index contributed by atoms with van der Waals surface area (Å²) < 4.78 is 5.92. The number of aryl methyl sites for hydroxylation is 1. The van der Waals surface area contributed by atoms with E-state index in [1.807, 2.05) is 6.20 Å². The lowest BCUT2D eigenvalue weighted by Gasteiger charge is -2.14. The number of unbranched alkanes of at least 4 members (excludes halogenated alkanes) is 5. The van der Waals surface area contributed by atoms with Crippen LogP contribution in [0, 0.1) is 0 Å². The Morgan fingerprint density at radius 1 is 0.688 bits per heavy atom. The number of nitrogens with zero attached hydrogens (tertiary/aromatic N) is 1. The highest BCUT2D eigenvalue weighted by atomic mass is 16.5. The fourth-order valence-electron chi connectivity index (χ4n) is 4.07. The molecule has 0 aliphatic heterocycles. The van der Waals surface area contributed by atoms with Crippen molar-refractivity contribution in [2.75, 3.05) is 6.61 Å². The molecular formula is C30H39NO. The quantitative estimate of drug-likeness (QED) is 0.254. The van der Waals surface area contributed by atoms with Gasteiger partial charge in [0.05, 0.1) is 6.61 Å². The van der Waals surface area contributed by atoms with Gasteiger partial charge >= 0.3 is 0 Å². The molecule has 1 atom stereocenters. The van der Waals surface area contributed by atoms with Crippen molar-refractivity contribution in [2.45, 2.75) is 78.1 Å². The standard InChI is InChI=1S/C30H39NO/c1-4-6-7-8-9-10-22-32-30-20-17-27(18-21-30)26-14-12-25(13-15-26)24(3)28-16-19-29(11-5-2)31-23-28/h12-21,23-24H,4-11,22H2,1-3H3. The summed E-state index contributed by atoms with van der Waals surface area (Å²) in [6.07, 6.45) is 12.0. The van der Waals surface area contributed by atoms with Crippen molar-refractivity contribution in [1.29, 1.82) is 0 Å². The molecule has 0 amide bonds. The Bertz CT molecular complexity index is 897. The molecular weight excluding hydrogens is 390 g/mol. The molecule has 0 aliphatic carbocycles. The fraction of sp³-hybridized carbons (Fsp3) is 0.433. The van der Waals surface area contributed by atoms with Gasteiger partial charge in [-0.1, -0.05) is 102 Å². The lowest BCUT2D eigenvalue weighted by molar-refractivity contribution is 0.304. The van der Waals surface area contributed by atoms with Crippen LogP contribution in [0.1, 0.15) is 88.5 Å². The van der Waals surface area contributed by atoms with Crippen LogP contribution in [0.5, 0.6) is 5.75 Å². The van der Waals surface area contributed by atoms with Crippen molar-refractivity contribution < 1.29 is 4.74 Å². The van der Waals surface area contributed by atoms with E-state index in [0.29, 0.717) is 5.92 Å². The first kappa shape index (κ1) is 24.0. The highest BCUT2D eigenvalue weighted by Crippen LogP contribution is 2.28. The highest BCUT2D eigenvalue weighted by Gasteiger charge is 2.09. The molecule has 0 fully saturated rings. The Labute approximate surface area is 195 Å². The van der Waals surface area contributed by atoms with Crippen LogP contribution in [0.4, 0.5) is 0 Å². The predicted octanol–water partition coefficient (Wildman–Crippen LogP) is 8.59. The van der Waals surface area contributed by atoms with E-state index in [2.05, 4.69) is 86.4 Å². The number of aromatic nitrogens is 1. The maximum absolute atomic E-state index is 5.92. The number of hydrogen-bond acceptors (Lipinski definition) is 2. The van der Waals surface area contributed by atoms with E-state index in [-0.39, 0.29) is 0 Å². The highest BCUT2D eigenvalue weighted by molar-refractivity contribution is 5.64. The summed E-state index contributed by atoms with van der Waals surface area (Å²) >= 11 is 0. The second kappa shape index (κ2) is 13.1. The average Bonchev–Trinajstić information content (AvgIpc) is 2.84. The van der Waals surface area contributed by atoms with Gasteiger partial charge in [-0.05, 0) is 53.3 Å². The van der Waals surface area contributed by atoms with Gasteiger partial charge in [0.2, 0.25) is 0 Å². The maximum Gasteiger partial charge on any atom is 0.119 e. The van der Waals surface area contributed by atoms with Crippen LogP contribution < -0.4 is 4.74 Å². The summed E-state index contributed by atoms with van der Waals surface area (Å²) in [4.78, 5) is 4.62. The molecule has 2 heteroatoms. The Morgan fingerprint density at radius 2 is 1.31 bits per heavy atom. The Hall–Kier alpha value is -2.61. The monoisotopic (exact) mass is 429 g/mol. The van der Waals surface area contributed by atoms with E-state index < -0.39 is 0 Å². The maximum atomic E-state index is 5.92. The smallest absolute Gasteiger partial charge is 0.119 e. The molecule has 170 valence electrons. The predicted molar refractivity (Wildman–Crippen MR) is 136 cm³/mol. The molecule has 2 aromatic carbocycles. The van der Waals surface area contributed by atoms with E-state index in [9.17, 15) is 0 Å². The number of hydrogen-bond donors (Lipinski definition) is 0. The summed E-state index contributed by atoms with van der Waals surface area (Å²) in [6, 6.07) is 21.8. The van der Waals surface area contributed by atoms with Crippen LogP contribution >= 0.6 is 0 Å². The molecule has 0 N–H and O–H groups in total. The lowest BCUT2D eigenvalue weighted by atomic mass is 9.92. The molecule has 0 bridgehead atoms. The third-order valence-electron chi connectivity index (χ3n) is 6.22. The molecule has 3 aromatic rings. The van der Waals surface area contributed by atoms with E-state index in [0.717, 1.165) is 31.6 Å². The second-order valence-corrected chi connectivity index (χ2v) is 8.82. The van der Waals surface area contributed by atoms with Crippen molar-refractivity contribution in [3.05, 3.63) is 83.7 Å². The summed E-state index contributed by atoms with van der Waals surface area (Å²) in [5.41, 5.74) is 6.22. The van der Waals surface area contributed by atoms with Gasteiger partial charge in [0.1, 0.15) is 5.75 Å². The van der Waals surface area contributed by atoms with E-state index >= 15 is 0 Å². The number of benzene rings is 2. The zero-order valence-electron chi connectivity index (χ0n) is 20.1. The van der Waals surface area contributed by atoms with Gasteiger partial charge < -0.3 is 4.74 Å². The molecule has 0 aliphatic rings. The van der Waals surface area contributed by atoms with Crippen LogP contribution in [0.15, 0.2) is 66.9 Å². The van der Waals surface area contributed by atoms with E-state index in [1.54, 1.807) is 0 Å². The van der Waals surface area contributed by atoms with Gasteiger partial charge in [0, 0.05) is 17.8 Å². The third kappa shape index (κ3) is 7.22. The summed E-state index contributed by atoms with van der Waals surface area (Å²) in [7, 11) is 0. The number of pyridine rings is 1. The van der Waals surface area contributed by atoms with Gasteiger partial charge in [0.15, 0.2) is 0 Å². The third-order valence-corrected chi connectivity index (χ3v) is 6.22. The van der Waals surface area contributed by atoms with Crippen molar-refractivity contribution >= 4 is 0 Å². The van der Waals surface area contributed by atoms with E-state index in [4.69, 9.17) is 4.74 Å². The molecule has 3 rings (SSSR count). The van der Waals surface area contributed by atoms with Crippen molar-refractivity contribution in [2.24, 2.45) is 0 Å². The molecule has 0 saturated heterocycles. The topological polar surface area (TPSA) is 22.1 Å². The molecule has 2 nitrogen and oxygen atoms in total. The Morgan fingerprint density at radius 3 is 1.94 bits per heavy atom. The molecule has 1 aromatic heterocycles. The zero-order chi connectivity index (χ0) is 22.6. The van der Waals surface area contributed by atoms with Crippen molar-refractivity contribution in [3.63, 3.8) is 0 Å². The van der Waals surface area contributed by atoms with Crippen molar-refractivity contribution in [3.8, 4) is 16.9 Å². The fourth-order valence-corrected chi connectivity index (χ4v) is 4.07. The Kier molecular flexibility index (Phi) is 9.81. The molecule has 1 heterocycles. The second-order valence-electron chi connectivity index (χ2n) is 8.82. The van der Waals surface area contributed by atoms with Gasteiger partial charge in [-0.2, -0.15) is 0 Å². The van der Waals surface area contributed by atoms with Crippen LogP contribution in [0.3, 0.4) is 0 Å². The van der Waals surface area contributed by atoms with Gasteiger partial charge in [0.25, 0.3) is 0 Å².